The Labute approximate surface area is 190 Å². The lowest BCUT2D eigenvalue weighted by atomic mass is 9.70. The molecule has 4 aliphatic rings. The van der Waals surface area contributed by atoms with Crippen molar-refractivity contribution >= 4 is 17.8 Å². The molecule has 3 saturated heterocycles. The van der Waals surface area contributed by atoms with Crippen molar-refractivity contribution in [2.45, 2.75) is 102 Å². The zero-order chi connectivity index (χ0) is 23.0. The van der Waals surface area contributed by atoms with E-state index in [1.807, 2.05) is 13.8 Å². The van der Waals surface area contributed by atoms with E-state index >= 15 is 0 Å². The second kappa shape index (κ2) is 9.29. The Hall–Kier alpha value is -1.67. The number of carbonyl (C=O) groups is 3. The molecular weight excluding hydrogens is 412 g/mol. The average molecular weight is 451 g/mol. The highest BCUT2D eigenvalue weighted by Gasteiger charge is 2.75. The Morgan fingerprint density at radius 3 is 2.59 bits per heavy atom. The van der Waals surface area contributed by atoms with Crippen LogP contribution in [-0.2, 0) is 23.9 Å². The minimum Gasteiger partial charge on any atom is -0.466 e. The summed E-state index contributed by atoms with van der Waals surface area (Å²) in [5.74, 6) is -2.07. The molecule has 3 aliphatic heterocycles. The molecule has 2 bridgehead atoms. The van der Waals surface area contributed by atoms with Crippen LogP contribution in [0.15, 0.2) is 0 Å². The number of aliphatic hydroxyl groups is 1. The van der Waals surface area contributed by atoms with Crippen LogP contribution < -0.4 is 5.32 Å². The number of hydrogen-bond donors (Lipinski definition) is 2. The highest BCUT2D eigenvalue weighted by atomic mass is 16.6. The van der Waals surface area contributed by atoms with E-state index in [2.05, 4.69) is 5.32 Å². The molecule has 6 atom stereocenters. The Balaban J connectivity index is 1.69. The quantitative estimate of drug-likeness (QED) is 0.546. The predicted octanol–water partition coefficient (Wildman–Crippen LogP) is 1.78. The molecule has 1 saturated carbocycles. The molecule has 3 heterocycles. The van der Waals surface area contributed by atoms with Crippen LogP contribution in [-0.4, -0.2) is 70.8 Å². The molecule has 32 heavy (non-hydrogen) atoms. The highest BCUT2D eigenvalue weighted by Crippen LogP contribution is 2.59. The first-order valence-electron chi connectivity index (χ1n) is 12.4. The van der Waals surface area contributed by atoms with Gasteiger partial charge in [0.1, 0.15) is 11.6 Å². The predicted molar refractivity (Wildman–Crippen MR) is 116 cm³/mol. The number of nitrogens with one attached hydrogen (secondary N) is 1. The number of ether oxygens (including phenoxy) is 2. The van der Waals surface area contributed by atoms with Gasteiger partial charge in [-0.2, -0.15) is 0 Å². The van der Waals surface area contributed by atoms with Crippen molar-refractivity contribution < 1.29 is 29.0 Å². The van der Waals surface area contributed by atoms with Gasteiger partial charge in [0.2, 0.25) is 11.8 Å². The summed E-state index contributed by atoms with van der Waals surface area (Å²) in [4.78, 5) is 41.9. The van der Waals surface area contributed by atoms with Crippen molar-refractivity contribution in [1.29, 1.82) is 0 Å². The number of aliphatic hydroxyl groups excluding tert-OH is 1. The fourth-order valence-electron chi connectivity index (χ4n) is 6.64. The van der Waals surface area contributed by atoms with E-state index in [0.717, 1.165) is 25.7 Å². The van der Waals surface area contributed by atoms with Gasteiger partial charge >= 0.3 is 5.97 Å². The Bertz CT molecular complexity index is 736. The minimum atomic E-state index is -1.03. The summed E-state index contributed by atoms with van der Waals surface area (Å²) >= 11 is 0. The van der Waals surface area contributed by atoms with Gasteiger partial charge in [-0.1, -0.05) is 33.1 Å². The monoisotopic (exact) mass is 450 g/mol. The minimum absolute atomic E-state index is 0.0979. The second-order valence-corrected chi connectivity index (χ2v) is 10.4. The average Bonchev–Trinajstić information content (AvgIpc) is 3.40. The number of esters is 1. The van der Waals surface area contributed by atoms with Crippen LogP contribution in [0.1, 0.15) is 72.1 Å². The van der Waals surface area contributed by atoms with Crippen molar-refractivity contribution in [2.75, 3.05) is 13.2 Å². The summed E-state index contributed by atoms with van der Waals surface area (Å²) in [6.45, 7) is 5.81. The number of hydrogen-bond acceptors (Lipinski definition) is 6. The molecule has 0 aromatic rings. The normalized spacial score (nSPS) is 35.3. The van der Waals surface area contributed by atoms with Crippen LogP contribution in [0.5, 0.6) is 0 Å². The van der Waals surface area contributed by atoms with Crippen LogP contribution in [0.25, 0.3) is 0 Å². The van der Waals surface area contributed by atoms with E-state index in [4.69, 9.17) is 9.47 Å². The third kappa shape index (κ3) is 3.83. The van der Waals surface area contributed by atoms with E-state index in [-0.39, 0.29) is 37.0 Å². The molecule has 1 aliphatic carbocycles. The van der Waals surface area contributed by atoms with Gasteiger partial charge in [-0.05, 0) is 44.9 Å². The van der Waals surface area contributed by atoms with E-state index in [0.29, 0.717) is 19.3 Å². The maximum Gasteiger partial charge on any atom is 0.312 e. The molecule has 8 nitrogen and oxygen atoms in total. The topological polar surface area (TPSA) is 105 Å². The second-order valence-electron chi connectivity index (χ2n) is 10.4. The zero-order valence-corrected chi connectivity index (χ0v) is 19.5. The molecule has 4 rings (SSSR count). The van der Waals surface area contributed by atoms with Gasteiger partial charge in [-0.15, -0.1) is 0 Å². The van der Waals surface area contributed by atoms with Crippen LogP contribution in [0, 0.1) is 17.8 Å². The molecule has 0 radical (unpaired) electrons. The Morgan fingerprint density at radius 2 is 1.97 bits per heavy atom. The smallest absolute Gasteiger partial charge is 0.312 e. The van der Waals surface area contributed by atoms with E-state index < -0.39 is 41.6 Å². The van der Waals surface area contributed by atoms with Gasteiger partial charge in [0, 0.05) is 6.04 Å². The molecular formula is C24H38N2O6. The lowest BCUT2D eigenvalue weighted by Crippen LogP contribution is -2.59. The number of likely N-dealkylation sites (tertiary alicyclic amines) is 1. The summed E-state index contributed by atoms with van der Waals surface area (Å²) in [6, 6.07) is -1.22. The van der Waals surface area contributed by atoms with Crippen LogP contribution >= 0.6 is 0 Å². The van der Waals surface area contributed by atoms with Crippen molar-refractivity contribution in [2.24, 2.45) is 17.8 Å². The number of rotatable bonds is 8. The Kier molecular flexibility index (Phi) is 6.82. The maximum atomic E-state index is 13.8. The van der Waals surface area contributed by atoms with E-state index in [1.54, 1.807) is 11.8 Å². The first-order chi connectivity index (χ1) is 15.3. The number of amides is 2. The third-order valence-electron chi connectivity index (χ3n) is 7.84. The molecule has 1 spiro atoms. The summed E-state index contributed by atoms with van der Waals surface area (Å²) < 4.78 is 11.7. The number of carbonyl (C=O) groups excluding carboxylic acids is 3. The fraction of sp³-hybridized carbons (Fsp3) is 0.875. The SMILES string of the molecule is CCOC(=O)[C@@H]1[C@@H]2CCC3(O2)C(C(=O)NC2CCCCC2)N([C@@H](CO)CC(C)C)C(=O)[C@H]13. The van der Waals surface area contributed by atoms with E-state index in [9.17, 15) is 19.5 Å². The molecule has 0 aromatic heterocycles. The summed E-state index contributed by atoms with van der Waals surface area (Å²) in [5.41, 5.74) is -1.03. The fourth-order valence-corrected chi connectivity index (χ4v) is 6.64. The van der Waals surface area contributed by atoms with E-state index in [1.165, 1.54) is 6.42 Å². The number of fused-ring (bicyclic) bond motifs is 1. The van der Waals surface area contributed by atoms with Crippen LogP contribution in [0.4, 0.5) is 0 Å². The third-order valence-corrected chi connectivity index (χ3v) is 7.84. The first-order valence-corrected chi connectivity index (χ1v) is 12.4. The molecule has 180 valence electrons. The van der Waals surface area contributed by atoms with Crippen LogP contribution in [0.2, 0.25) is 0 Å². The van der Waals surface area contributed by atoms with Gasteiger partial charge in [-0.3, -0.25) is 14.4 Å². The first kappa shape index (κ1) is 23.5. The lowest BCUT2D eigenvalue weighted by Gasteiger charge is -2.38. The zero-order valence-electron chi connectivity index (χ0n) is 19.5. The lowest BCUT2D eigenvalue weighted by molar-refractivity contribution is -0.155. The summed E-state index contributed by atoms with van der Waals surface area (Å²) in [5, 5.41) is 13.4. The largest absolute Gasteiger partial charge is 0.466 e. The standard InChI is InChI=1S/C24H38N2O6/c1-4-31-23(30)18-17-10-11-24(32-17)19(18)22(29)26(16(13-27)12-14(2)3)20(24)21(28)25-15-8-6-5-7-9-15/h14-20,27H,4-13H2,1-3H3,(H,25,28)/t16-,17+,18-,19+,20?,24?/m1/s1. The number of nitrogens with zero attached hydrogens (tertiary/aromatic N) is 1. The van der Waals surface area contributed by atoms with Crippen molar-refractivity contribution in [3.63, 3.8) is 0 Å². The van der Waals surface area contributed by atoms with Gasteiger partial charge in [-0.25, -0.2) is 0 Å². The van der Waals surface area contributed by atoms with Crippen molar-refractivity contribution in [1.82, 2.24) is 10.2 Å². The molecule has 2 unspecified atom stereocenters. The maximum absolute atomic E-state index is 13.8. The molecule has 8 heteroatoms. The molecule has 0 aromatic carbocycles. The molecule has 4 fully saturated rings. The summed E-state index contributed by atoms with van der Waals surface area (Å²) in [6.07, 6.45) is 6.59. The van der Waals surface area contributed by atoms with Crippen LogP contribution in [0.3, 0.4) is 0 Å². The molecule has 2 amide bonds. The van der Waals surface area contributed by atoms with Gasteiger partial charge in [0.25, 0.3) is 0 Å². The van der Waals surface area contributed by atoms with Crippen molar-refractivity contribution in [3.05, 3.63) is 0 Å². The molecule has 2 N–H and O–H groups in total. The summed E-state index contributed by atoms with van der Waals surface area (Å²) in [7, 11) is 0. The Morgan fingerprint density at radius 1 is 1.25 bits per heavy atom. The van der Waals surface area contributed by atoms with Crippen molar-refractivity contribution in [3.8, 4) is 0 Å². The highest BCUT2D eigenvalue weighted by molar-refractivity contribution is 5.98. The van der Waals surface area contributed by atoms with Gasteiger partial charge in [0.05, 0.1) is 37.2 Å². The van der Waals surface area contributed by atoms with Gasteiger partial charge in [0.15, 0.2) is 0 Å². The van der Waals surface area contributed by atoms with Gasteiger partial charge < -0.3 is 24.8 Å².